The number of rotatable bonds is 5. The third-order valence-electron chi connectivity index (χ3n) is 1.95. The van der Waals surface area contributed by atoms with Crippen LogP contribution in [-0.4, -0.2) is 29.1 Å². The zero-order valence-electron chi connectivity index (χ0n) is 9.20. The maximum absolute atomic E-state index is 11.7. The summed E-state index contributed by atoms with van der Waals surface area (Å²) in [7, 11) is -7.56. The summed E-state index contributed by atoms with van der Waals surface area (Å²) in [6, 6.07) is 7.20. The molecule has 0 aliphatic heterocycles. The molecule has 0 fully saturated rings. The van der Waals surface area contributed by atoms with Gasteiger partial charge in [0.1, 0.15) is 0 Å². The van der Waals surface area contributed by atoms with Crippen molar-refractivity contribution in [3.63, 3.8) is 0 Å². The van der Waals surface area contributed by atoms with Crippen LogP contribution in [0.3, 0.4) is 0 Å². The molecular formula is C9H11N3O4S2. The third-order valence-corrected chi connectivity index (χ3v) is 4.18. The van der Waals surface area contributed by atoms with E-state index in [2.05, 4.69) is 4.72 Å². The molecule has 0 saturated heterocycles. The van der Waals surface area contributed by atoms with E-state index in [9.17, 15) is 16.8 Å². The first kappa shape index (κ1) is 14.6. The number of nitriles is 1. The quantitative estimate of drug-likeness (QED) is 0.727. The van der Waals surface area contributed by atoms with Crippen LogP contribution in [0.4, 0.5) is 0 Å². The summed E-state index contributed by atoms with van der Waals surface area (Å²) in [4.78, 5) is -0.101. The molecule has 0 bridgehead atoms. The Kier molecular flexibility index (Phi) is 4.42. The Morgan fingerprint density at radius 2 is 1.94 bits per heavy atom. The Balaban J connectivity index is 2.84. The summed E-state index contributed by atoms with van der Waals surface area (Å²) in [5, 5.41) is 13.4. The lowest BCUT2D eigenvalue weighted by Crippen LogP contribution is -2.31. The minimum Gasteiger partial charge on any atom is -0.229 e. The molecule has 0 spiro atoms. The van der Waals surface area contributed by atoms with E-state index in [0.29, 0.717) is 0 Å². The van der Waals surface area contributed by atoms with Gasteiger partial charge in [0.05, 0.1) is 22.3 Å². The summed E-state index contributed by atoms with van der Waals surface area (Å²) in [5.74, 6) is -0.496. The summed E-state index contributed by atoms with van der Waals surface area (Å²) in [6.45, 7) is -0.321. The van der Waals surface area contributed by atoms with Crippen molar-refractivity contribution in [1.82, 2.24) is 4.72 Å². The fourth-order valence-electron chi connectivity index (χ4n) is 1.13. The van der Waals surface area contributed by atoms with Gasteiger partial charge >= 0.3 is 0 Å². The lowest BCUT2D eigenvalue weighted by atomic mass is 10.2. The van der Waals surface area contributed by atoms with E-state index in [1.807, 2.05) is 6.07 Å². The Morgan fingerprint density at radius 3 is 2.50 bits per heavy atom. The zero-order valence-corrected chi connectivity index (χ0v) is 10.8. The van der Waals surface area contributed by atoms with Crippen LogP contribution in [0.1, 0.15) is 5.56 Å². The highest BCUT2D eigenvalue weighted by atomic mass is 32.2. The number of nitrogens with two attached hydrogens (primary N) is 1. The fraction of sp³-hybridized carbons (Fsp3) is 0.222. The number of hydrogen-bond acceptors (Lipinski definition) is 5. The molecule has 0 atom stereocenters. The van der Waals surface area contributed by atoms with Gasteiger partial charge in [-0.2, -0.15) is 5.26 Å². The van der Waals surface area contributed by atoms with Crippen molar-refractivity contribution < 1.29 is 16.8 Å². The largest absolute Gasteiger partial charge is 0.240 e. The number of sulfonamides is 2. The van der Waals surface area contributed by atoms with E-state index in [1.165, 1.54) is 24.3 Å². The predicted molar refractivity (Wildman–Crippen MR) is 64.3 cm³/mol. The minimum atomic E-state index is -3.84. The van der Waals surface area contributed by atoms with E-state index < -0.39 is 25.8 Å². The first-order valence-corrected chi connectivity index (χ1v) is 7.95. The van der Waals surface area contributed by atoms with Crippen LogP contribution in [0.25, 0.3) is 0 Å². The first-order chi connectivity index (χ1) is 8.24. The van der Waals surface area contributed by atoms with E-state index in [0.717, 1.165) is 0 Å². The van der Waals surface area contributed by atoms with Crippen molar-refractivity contribution in [1.29, 1.82) is 5.26 Å². The molecule has 0 saturated carbocycles. The van der Waals surface area contributed by atoms with Gasteiger partial charge in [0.25, 0.3) is 0 Å². The van der Waals surface area contributed by atoms with Gasteiger partial charge in [-0.3, -0.25) is 0 Å². The van der Waals surface area contributed by atoms with E-state index >= 15 is 0 Å². The molecule has 0 aromatic heterocycles. The highest BCUT2D eigenvalue weighted by molar-refractivity contribution is 7.90. The van der Waals surface area contributed by atoms with Crippen molar-refractivity contribution >= 4 is 20.0 Å². The molecule has 0 heterocycles. The standard InChI is InChI=1S/C9H11N3O4S2/c10-7-8-2-1-3-9(6-8)18(15,16)12-4-5-17(11,13)14/h1-3,6,12H,4-5H2,(H2,11,13,14). The number of nitrogens with zero attached hydrogens (tertiary/aromatic N) is 1. The zero-order chi connectivity index (χ0) is 13.8. The third kappa shape index (κ3) is 4.42. The van der Waals surface area contributed by atoms with Crippen LogP contribution in [0, 0.1) is 11.3 Å². The topological polar surface area (TPSA) is 130 Å². The molecular weight excluding hydrogens is 278 g/mol. The SMILES string of the molecule is N#Cc1cccc(S(=O)(=O)NCCS(N)(=O)=O)c1. The Hall–Kier alpha value is -1.47. The van der Waals surface area contributed by atoms with Crippen LogP contribution in [0.15, 0.2) is 29.2 Å². The van der Waals surface area contributed by atoms with Crippen molar-refractivity contribution in [3.8, 4) is 6.07 Å². The molecule has 0 aliphatic carbocycles. The van der Waals surface area contributed by atoms with Gasteiger partial charge in [-0.25, -0.2) is 26.7 Å². The van der Waals surface area contributed by atoms with Crippen LogP contribution in [0.5, 0.6) is 0 Å². The second-order valence-electron chi connectivity index (χ2n) is 3.40. The van der Waals surface area contributed by atoms with Gasteiger partial charge in [0, 0.05) is 6.54 Å². The number of nitrogens with one attached hydrogen (secondary N) is 1. The van der Waals surface area contributed by atoms with Crippen LogP contribution in [0.2, 0.25) is 0 Å². The van der Waals surface area contributed by atoms with Gasteiger partial charge in [-0.15, -0.1) is 0 Å². The van der Waals surface area contributed by atoms with Gasteiger partial charge in [-0.1, -0.05) is 6.07 Å². The fourth-order valence-corrected chi connectivity index (χ4v) is 2.73. The van der Waals surface area contributed by atoms with E-state index in [-0.39, 0.29) is 17.0 Å². The second-order valence-corrected chi connectivity index (χ2v) is 6.91. The highest BCUT2D eigenvalue weighted by Crippen LogP contribution is 2.10. The Labute approximate surface area is 105 Å². The molecule has 9 heteroatoms. The smallest absolute Gasteiger partial charge is 0.229 e. The Morgan fingerprint density at radius 1 is 1.28 bits per heavy atom. The number of hydrogen-bond donors (Lipinski definition) is 2. The van der Waals surface area contributed by atoms with Crippen molar-refractivity contribution in [2.24, 2.45) is 5.14 Å². The molecule has 0 amide bonds. The normalized spacial score (nSPS) is 12.0. The van der Waals surface area contributed by atoms with Gasteiger partial charge < -0.3 is 0 Å². The highest BCUT2D eigenvalue weighted by Gasteiger charge is 2.15. The summed E-state index contributed by atoms with van der Waals surface area (Å²) in [5.41, 5.74) is 0.198. The maximum Gasteiger partial charge on any atom is 0.240 e. The average molecular weight is 289 g/mol. The first-order valence-electron chi connectivity index (χ1n) is 4.75. The van der Waals surface area contributed by atoms with Gasteiger partial charge in [0.2, 0.25) is 20.0 Å². The minimum absolute atomic E-state index is 0.101. The lowest BCUT2D eigenvalue weighted by molar-refractivity contribution is 0.581. The van der Waals surface area contributed by atoms with Crippen molar-refractivity contribution in [3.05, 3.63) is 29.8 Å². The molecule has 1 aromatic rings. The molecule has 3 N–H and O–H groups in total. The Bertz CT molecular complexity index is 674. The molecule has 98 valence electrons. The summed E-state index contributed by atoms with van der Waals surface area (Å²) in [6.07, 6.45) is 0. The average Bonchev–Trinajstić information content (AvgIpc) is 2.27. The molecule has 0 aliphatic rings. The van der Waals surface area contributed by atoms with Crippen LogP contribution in [-0.2, 0) is 20.0 Å². The molecule has 18 heavy (non-hydrogen) atoms. The number of primary sulfonamides is 1. The number of benzene rings is 1. The molecule has 7 nitrogen and oxygen atoms in total. The van der Waals surface area contributed by atoms with Crippen LogP contribution < -0.4 is 9.86 Å². The van der Waals surface area contributed by atoms with Crippen molar-refractivity contribution in [2.75, 3.05) is 12.3 Å². The van der Waals surface area contributed by atoms with Gasteiger partial charge in [0.15, 0.2) is 0 Å². The monoisotopic (exact) mass is 289 g/mol. The maximum atomic E-state index is 11.7. The molecule has 0 radical (unpaired) electrons. The predicted octanol–water partition coefficient (Wildman–Crippen LogP) is -0.875. The molecule has 1 rings (SSSR count). The molecule has 0 unspecified atom stereocenters. The van der Waals surface area contributed by atoms with Crippen molar-refractivity contribution in [2.45, 2.75) is 4.90 Å². The second kappa shape index (κ2) is 5.45. The van der Waals surface area contributed by atoms with Gasteiger partial charge in [-0.05, 0) is 18.2 Å². The summed E-state index contributed by atoms with van der Waals surface area (Å²) >= 11 is 0. The van der Waals surface area contributed by atoms with Crippen LogP contribution >= 0.6 is 0 Å². The van der Waals surface area contributed by atoms with E-state index in [1.54, 1.807) is 0 Å². The lowest BCUT2D eigenvalue weighted by Gasteiger charge is -2.06. The summed E-state index contributed by atoms with van der Waals surface area (Å²) < 4.78 is 46.9. The molecule has 1 aromatic carbocycles. The van der Waals surface area contributed by atoms with E-state index in [4.69, 9.17) is 10.4 Å².